The van der Waals surface area contributed by atoms with Gasteiger partial charge < -0.3 is 10.6 Å². The molecule has 5 rings (SSSR count). The monoisotopic (exact) mass is 528 g/mol. The number of halogens is 1. The van der Waals surface area contributed by atoms with E-state index in [0.29, 0.717) is 47.9 Å². The molecule has 36 heavy (non-hydrogen) atoms. The number of hydrogen-bond acceptors (Lipinski definition) is 7. The molecule has 3 heterocycles. The Morgan fingerprint density at radius 3 is 2.31 bits per heavy atom. The highest BCUT2D eigenvalue weighted by Crippen LogP contribution is 2.28. The Morgan fingerprint density at radius 1 is 0.972 bits per heavy atom. The third kappa shape index (κ3) is 5.44. The highest BCUT2D eigenvalue weighted by molar-refractivity contribution is 7.89. The van der Waals surface area contributed by atoms with Gasteiger partial charge in [0.05, 0.1) is 11.3 Å². The van der Waals surface area contributed by atoms with Gasteiger partial charge in [-0.2, -0.15) is 4.31 Å². The van der Waals surface area contributed by atoms with Crippen molar-refractivity contribution in [2.75, 3.05) is 32.7 Å². The number of aryl methyl sites for hydroxylation is 1. The van der Waals surface area contributed by atoms with Crippen LogP contribution < -0.4 is 5.73 Å². The van der Waals surface area contributed by atoms with Crippen molar-refractivity contribution in [3.8, 4) is 0 Å². The molecule has 0 unspecified atom stereocenters. The van der Waals surface area contributed by atoms with E-state index in [9.17, 15) is 8.42 Å². The lowest BCUT2D eigenvalue weighted by atomic mass is 9.96. The summed E-state index contributed by atoms with van der Waals surface area (Å²) in [6, 6.07) is 15.5. The molecule has 0 saturated carbocycles. The Hall–Kier alpha value is -2.46. The molecule has 2 aromatic rings. The highest BCUT2D eigenvalue weighted by Gasteiger charge is 2.38. The molecule has 3 aliphatic rings. The van der Waals surface area contributed by atoms with E-state index in [0.717, 1.165) is 49.3 Å². The maximum Gasteiger partial charge on any atom is 0.243 e. The Bertz CT molecular complexity index is 1240. The van der Waals surface area contributed by atoms with E-state index >= 15 is 0 Å². The van der Waals surface area contributed by atoms with Crippen molar-refractivity contribution in [2.45, 2.75) is 49.6 Å². The molecule has 1 atom stereocenters. The SMILES string of the molecule is Cc1ccc(S(=O)(=O)N2CCN(C3CCN(C4=NN=C(N)C4)CC3)[C@@H](Cc3ccc(Cl)cc3)C2)cc1. The average Bonchev–Trinajstić information content (AvgIpc) is 3.32. The number of hydrogen-bond donors (Lipinski definition) is 1. The quantitative estimate of drug-likeness (QED) is 0.643. The van der Waals surface area contributed by atoms with Crippen LogP contribution in [0.1, 0.15) is 30.4 Å². The maximum absolute atomic E-state index is 13.5. The van der Waals surface area contributed by atoms with Gasteiger partial charge in [0.2, 0.25) is 10.0 Å². The van der Waals surface area contributed by atoms with Gasteiger partial charge in [-0.3, -0.25) is 4.90 Å². The summed E-state index contributed by atoms with van der Waals surface area (Å²) in [6.45, 7) is 5.44. The fourth-order valence-electron chi connectivity index (χ4n) is 5.46. The number of benzene rings is 2. The lowest BCUT2D eigenvalue weighted by Gasteiger charge is -2.47. The minimum absolute atomic E-state index is 0.0829. The molecule has 0 spiro atoms. The molecular formula is C26H33ClN6O2S. The number of rotatable bonds is 5. The zero-order valence-corrected chi connectivity index (χ0v) is 22.1. The molecule has 3 aliphatic heterocycles. The van der Waals surface area contributed by atoms with Gasteiger partial charge >= 0.3 is 0 Å². The third-order valence-corrected chi connectivity index (χ3v) is 9.60. The summed E-state index contributed by atoms with van der Waals surface area (Å²) in [5.74, 6) is 1.53. The molecule has 2 N–H and O–H groups in total. The van der Waals surface area contributed by atoms with Gasteiger partial charge in [-0.15, -0.1) is 10.2 Å². The molecule has 0 amide bonds. The molecular weight excluding hydrogens is 496 g/mol. The van der Waals surface area contributed by atoms with E-state index in [2.05, 4.69) is 20.0 Å². The number of piperidine rings is 1. The fraction of sp³-hybridized carbons (Fsp3) is 0.462. The lowest BCUT2D eigenvalue weighted by Crippen LogP contribution is -2.60. The van der Waals surface area contributed by atoms with E-state index in [-0.39, 0.29) is 6.04 Å². The van der Waals surface area contributed by atoms with Gasteiger partial charge in [-0.25, -0.2) is 8.42 Å². The van der Waals surface area contributed by atoms with Crippen LogP contribution in [0.4, 0.5) is 0 Å². The van der Waals surface area contributed by atoms with E-state index < -0.39 is 10.0 Å². The first-order valence-corrected chi connectivity index (χ1v) is 14.3. The molecule has 10 heteroatoms. The molecule has 0 radical (unpaired) electrons. The topological polar surface area (TPSA) is 94.6 Å². The second-order valence-corrected chi connectivity index (χ2v) is 12.3. The first-order chi connectivity index (χ1) is 17.3. The summed E-state index contributed by atoms with van der Waals surface area (Å²) in [7, 11) is -3.55. The smallest absolute Gasteiger partial charge is 0.243 e. The number of piperazine rings is 1. The Morgan fingerprint density at radius 2 is 1.67 bits per heavy atom. The van der Waals surface area contributed by atoms with Gasteiger partial charge in [0.1, 0.15) is 11.7 Å². The van der Waals surface area contributed by atoms with E-state index in [4.69, 9.17) is 17.3 Å². The molecule has 2 aromatic carbocycles. The highest BCUT2D eigenvalue weighted by atomic mass is 35.5. The minimum Gasteiger partial charge on any atom is -0.385 e. The van der Waals surface area contributed by atoms with Crippen LogP contribution in [0.2, 0.25) is 5.02 Å². The van der Waals surface area contributed by atoms with Crippen molar-refractivity contribution >= 4 is 33.3 Å². The Kier molecular flexibility index (Phi) is 7.35. The molecule has 192 valence electrons. The van der Waals surface area contributed by atoms with E-state index in [1.54, 1.807) is 16.4 Å². The predicted molar refractivity (Wildman–Crippen MR) is 144 cm³/mol. The van der Waals surface area contributed by atoms with Crippen molar-refractivity contribution in [2.24, 2.45) is 15.9 Å². The van der Waals surface area contributed by atoms with E-state index in [1.165, 1.54) is 0 Å². The van der Waals surface area contributed by atoms with Crippen molar-refractivity contribution in [1.29, 1.82) is 0 Å². The number of likely N-dealkylation sites (tertiary alicyclic amines) is 1. The summed E-state index contributed by atoms with van der Waals surface area (Å²) in [5.41, 5.74) is 8.02. The van der Waals surface area contributed by atoms with Crippen LogP contribution >= 0.6 is 11.6 Å². The Labute approximate surface area is 218 Å². The first-order valence-electron chi connectivity index (χ1n) is 12.5. The predicted octanol–water partition coefficient (Wildman–Crippen LogP) is 3.10. The summed E-state index contributed by atoms with van der Waals surface area (Å²) < 4.78 is 28.6. The van der Waals surface area contributed by atoms with Gasteiger partial charge in [-0.05, 0) is 56.0 Å². The summed E-state index contributed by atoms with van der Waals surface area (Å²) in [4.78, 5) is 5.18. The first kappa shape index (κ1) is 25.2. The standard InChI is InChI=1S/C26H33ClN6O2S/c1-19-2-8-24(9-3-19)36(34,35)32-14-15-33(23(18-32)16-20-4-6-21(27)7-5-20)22-10-12-31(13-11-22)26-17-25(28)29-30-26/h2-9,22-23H,10-18H2,1H3,(H2,28,29)/t23-/m0/s1. The van der Waals surface area contributed by atoms with Crippen molar-refractivity contribution in [1.82, 2.24) is 14.1 Å². The molecule has 0 bridgehead atoms. The lowest BCUT2D eigenvalue weighted by molar-refractivity contribution is 0.0478. The van der Waals surface area contributed by atoms with Gasteiger partial charge in [-0.1, -0.05) is 41.4 Å². The van der Waals surface area contributed by atoms with E-state index in [1.807, 2.05) is 43.3 Å². The van der Waals surface area contributed by atoms with Crippen LogP contribution in [0, 0.1) is 6.92 Å². The zero-order valence-electron chi connectivity index (χ0n) is 20.6. The van der Waals surface area contributed by atoms with Crippen LogP contribution in [0.5, 0.6) is 0 Å². The summed E-state index contributed by atoms with van der Waals surface area (Å²) >= 11 is 6.12. The fourth-order valence-corrected chi connectivity index (χ4v) is 7.05. The molecule has 0 aromatic heterocycles. The number of sulfonamides is 1. The summed E-state index contributed by atoms with van der Waals surface area (Å²) in [6.07, 6.45) is 3.40. The number of nitrogens with zero attached hydrogens (tertiary/aromatic N) is 5. The van der Waals surface area contributed by atoms with Crippen molar-refractivity contribution in [3.63, 3.8) is 0 Å². The molecule has 2 fully saturated rings. The average molecular weight is 529 g/mol. The van der Waals surface area contributed by atoms with Crippen LogP contribution in [-0.2, 0) is 16.4 Å². The zero-order chi connectivity index (χ0) is 25.3. The van der Waals surface area contributed by atoms with Crippen LogP contribution in [0.3, 0.4) is 0 Å². The van der Waals surface area contributed by atoms with Crippen LogP contribution in [0.15, 0.2) is 63.6 Å². The van der Waals surface area contributed by atoms with Crippen molar-refractivity contribution in [3.05, 3.63) is 64.7 Å². The second kappa shape index (κ2) is 10.5. The Balaban J connectivity index is 1.32. The number of nitrogens with two attached hydrogens (primary N) is 1. The van der Waals surface area contributed by atoms with Crippen LogP contribution in [-0.4, -0.2) is 79.0 Å². The van der Waals surface area contributed by atoms with Gasteiger partial charge in [0.25, 0.3) is 0 Å². The maximum atomic E-state index is 13.5. The minimum atomic E-state index is -3.55. The summed E-state index contributed by atoms with van der Waals surface area (Å²) in [5, 5.41) is 8.92. The largest absolute Gasteiger partial charge is 0.385 e. The number of amidine groups is 2. The molecule has 8 nitrogen and oxygen atoms in total. The second-order valence-electron chi connectivity index (χ2n) is 9.90. The molecule has 2 saturated heterocycles. The van der Waals surface area contributed by atoms with Gasteiger partial charge in [0, 0.05) is 49.8 Å². The third-order valence-electron chi connectivity index (χ3n) is 7.47. The normalized spacial score (nSPS) is 22.5. The van der Waals surface area contributed by atoms with Crippen LogP contribution in [0.25, 0.3) is 0 Å². The van der Waals surface area contributed by atoms with Crippen molar-refractivity contribution < 1.29 is 8.42 Å². The molecule has 0 aliphatic carbocycles. The van der Waals surface area contributed by atoms with Gasteiger partial charge in [0.15, 0.2) is 0 Å².